The number of nitrogens with zero attached hydrogens (tertiary/aromatic N) is 1. The van der Waals surface area contributed by atoms with Gasteiger partial charge < -0.3 is 10.3 Å². The van der Waals surface area contributed by atoms with Crippen molar-refractivity contribution in [3.05, 3.63) is 46.5 Å². The fourth-order valence-electron chi connectivity index (χ4n) is 2.00. The summed E-state index contributed by atoms with van der Waals surface area (Å²) in [4.78, 5) is 11.6. The molecule has 1 aromatic heterocycles. The molecule has 0 fully saturated rings. The molecule has 7 heteroatoms. The second kappa shape index (κ2) is 3.62. The maximum Gasteiger partial charge on any atom is 0.332 e. The summed E-state index contributed by atoms with van der Waals surface area (Å²) >= 11 is 0. The summed E-state index contributed by atoms with van der Waals surface area (Å²) in [5.41, 5.74) is 4.56. The number of aromatic nitrogens is 1. The van der Waals surface area contributed by atoms with E-state index in [1.54, 1.807) is 0 Å². The zero-order valence-corrected chi connectivity index (χ0v) is 8.98. The normalized spacial score (nSPS) is 18.6. The zero-order chi connectivity index (χ0) is 12.9. The Labute approximate surface area is 100 Å². The van der Waals surface area contributed by atoms with Crippen LogP contribution in [0.5, 0.6) is 0 Å². The minimum Gasteiger partial charge on any atom is -0.618 e. The quantitative estimate of drug-likeness (QED) is 0.447. The molecule has 6 nitrogen and oxygen atoms in total. The molecule has 0 saturated carbocycles. The van der Waals surface area contributed by atoms with Crippen molar-refractivity contribution < 1.29 is 19.0 Å². The molecule has 0 saturated heterocycles. The van der Waals surface area contributed by atoms with Crippen molar-refractivity contribution in [1.29, 1.82) is 0 Å². The number of amides is 1. The van der Waals surface area contributed by atoms with Gasteiger partial charge in [-0.05, 0) is 18.2 Å². The van der Waals surface area contributed by atoms with E-state index in [0.717, 1.165) is 6.07 Å². The molecule has 0 aliphatic carbocycles. The molecule has 1 atom stereocenters. The first-order chi connectivity index (χ1) is 8.58. The summed E-state index contributed by atoms with van der Waals surface area (Å²) < 4.78 is 13.5. The molecule has 1 unspecified atom stereocenters. The molecule has 1 aromatic carbocycles. The molecular weight excluding hydrogens is 241 g/mol. The number of carbonyl (C=O) groups excluding carboxylic acids is 1. The lowest BCUT2D eigenvalue weighted by atomic mass is 10.1. The Hall–Kier alpha value is -2.25. The number of aliphatic hydroxyl groups is 1. The Balaban J connectivity index is 2.40. The highest BCUT2D eigenvalue weighted by atomic mass is 19.1. The molecule has 2 heterocycles. The smallest absolute Gasteiger partial charge is 0.332 e. The summed E-state index contributed by atoms with van der Waals surface area (Å²) in [7, 11) is 0. The van der Waals surface area contributed by atoms with Crippen LogP contribution < -0.4 is 15.6 Å². The Morgan fingerprint density at radius 2 is 2.17 bits per heavy atom. The lowest BCUT2D eigenvalue weighted by Crippen LogP contribution is -2.52. The van der Waals surface area contributed by atoms with Gasteiger partial charge in [0, 0.05) is 6.07 Å². The van der Waals surface area contributed by atoms with Crippen molar-refractivity contribution in [3.8, 4) is 0 Å². The molecule has 92 valence electrons. The second-order valence-corrected chi connectivity index (χ2v) is 3.95. The molecule has 0 spiro atoms. The average molecular weight is 249 g/mol. The maximum atomic E-state index is 13.1. The van der Waals surface area contributed by atoms with Gasteiger partial charge in [0.25, 0.3) is 5.69 Å². The van der Waals surface area contributed by atoms with Crippen LogP contribution in [0.1, 0.15) is 22.3 Å². The first-order valence-electron chi connectivity index (χ1n) is 5.17. The summed E-state index contributed by atoms with van der Waals surface area (Å²) in [5.74, 6) is -1.14. The first-order valence-corrected chi connectivity index (χ1v) is 5.17. The summed E-state index contributed by atoms with van der Waals surface area (Å²) in [5, 5.41) is 22.0. The van der Waals surface area contributed by atoms with Crippen molar-refractivity contribution >= 4 is 16.8 Å². The van der Waals surface area contributed by atoms with Gasteiger partial charge in [0.15, 0.2) is 6.23 Å². The predicted molar refractivity (Wildman–Crippen MR) is 58.4 cm³/mol. The molecule has 18 heavy (non-hydrogen) atoms. The topological polar surface area (TPSA) is 88.3 Å². The van der Waals surface area contributed by atoms with E-state index in [1.165, 1.54) is 18.2 Å². The fraction of sp³-hybridized carbons (Fsp3) is 0.0909. The van der Waals surface area contributed by atoms with Crippen LogP contribution in [0.3, 0.4) is 0 Å². The minimum atomic E-state index is -1.20. The molecule has 2 aromatic rings. The summed E-state index contributed by atoms with van der Waals surface area (Å²) in [6.45, 7) is 0. The molecule has 1 aliphatic rings. The number of hydrogen-bond donors (Lipinski definition) is 3. The molecule has 0 bridgehead atoms. The van der Waals surface area contributed by atoms with E-state index >= 15 is 0 Å². The second-order valence-electron chi connectivity index (χ2n) is 3.95. The SMILES string of the molecule is O=C1NNC(O)c2cc3cc(F)ccc3[n+]([O-])c21. The van der Waals surface area contributed by atoms with E-state index in [0.29, 0.717) is 10.1 Å². The standard InChI is InChI=1S/C11H8FN3O3/c12-6-1-2-8-5(3-6)4-7-9(15(8)18)11(17)14-13-10(7)16/h1-4,10,13,16H,(H,14,17). The van der Waals surface area contributed by atoms with Gasteiger partial charge in [-0.2, -0.15) is 4.73 Å². The number of benzene rings is 1. The Morgan fingerprint density at radius 1 is 1.39 bits per heavy atom. The predicted octanol–water partition coefficient (Wildman–Crippen LogP) is -0.149. The van der Waals surface area contributed by atoms with E-state index in [-0.39, 0.29) is 16.8 Å². The van der Waals surface area contributed by atoms with Crippen LogP contribution in [0.15, 0.2) is 24.3 Å². The van der Waals surface area contributed by atoms with Gasteiger partial charge in [-0.25, -0.2) is 9.82 Å². The Kier molecular flexibility index (Phi) is 2.19. The van der Waals surface area contributed by atoms with Gasteiger partial charge in [-0.1, -0.05) is 0 Å². The third-order valence-corrected chi connectivity index (χ3v) is 2.83. The highest BCUT2D eigenvalue weighted by molar-refractivity contribution is 5.95. The maximum absolute atomic E-state index is 13.1. The van der Waals surface area contributed by atoms with E-state index in [2.05, 4.69) is 10.9 Å². The number of fused-ring (bicyclic) bond motifs is 2. The average Bonchev–Trinajstić information content (AvgIpc) is 2.33. The number of rotatable bonds is 0. The van der Waals surface area contributed by atoms with Gasteiger partial charge in [0.05, 0.1) is 10.9 Å². The van der Waals surface area contributed by atoms with Crippen LogP contribution in [-0.4, -0.2) is 11.0 Å². The lowest BCUT2D eigenvalue weighted by molar-refractivity contribution is -0.580. The van der Waals surface area contributed by atoms with Crippen LogP contribution in [0.25, 0.3) is 10.9 Å². The summed E-state index contributed by atoms with van der Waals surface area (Å²) in [6, 6.07) is 5.01. The number of nitrogens with one attached hydrogen (secondary N) is 2. The monoisotopic (exact) mass is 249 g/mol. The largest absolute Gasteiger partial charge is 0.618 e. The fourth-order valence-corrected chi connectivity index (χ4v) is 2.00. The van der Waals surface area contributed by atoms with Gasteiger partial charge in [0.2, 0.25) is 5.52 Å². The van der Waals surface area contributed by atoms with E-state index < -0.39 is 18.0 Å². The molecule has 3 N–H and O–H groups in total. The van der Waals surface area contributed by atoms with E-state index in [1.807, 2.05) is 0 Å². The van der Waals surface area contributed by atoms with Crippen molar-refractivity contribution in [2.24, 2.45) is 0 Å². The summed E-state index contributed by atoms with van der Waals surface area (Å²) in [6.07, 6.45) is -1.20. The van der Waals surface area contributed by atoms with Gasteiger partial charge in [-0.15, -0.1) is 0 Å². The molecule has 1 aliphatic heterocycles. The third-order valence-electron chi connectivity index (χ3n) is 2.83. The van der Waals surface area contributed by atoms with Crippen LogP contribution in [-0.2, 0) is 0 Å². The zero-order valence-electron chi connectivity index (χ0n) is 8.98. The van der Waals surface area contributed by atoms with Crippen molar-refractivity contribution in [2.45, 2.75) is 6.23 Å². The van der Waals surface area contributed by atoms with Crippen molar-refractivity contribution in [3.63, 3.8) is 0 Å². The first kappa shape index (κ1) is 10.9. The van der Waals surface area contributed by atoms with Crippen molar-refractivity contribution in [2.75, 3.05) is 0 Å². The van der Waals surface area contributed by atoms with Crippen LogP contribution in [0, 0.1) is 11.0 Å². The van der Waals surface area contributed by atoms with Crippen molar-refractivity contribution in [1.82, 2.24) is 10.9 Å². The van der Waals surface area contributed by atoms with E-state index in [4.69, 9.17) is 0 Å². The molecule has 1 amide bonds. The molecule has 0 radical (unpaired) electrons. The Morgan fingerprint density at radius 3 is 2.94 bits per heavy atom. The number of hydrazine groups is 1. The third kappa shape index (κ3) is 1.41. The highest BCUT2D eigenvalue weighted by Crippen LogP contribution is 2.22. The molecule has 3 rings (SSSR count). The van der Waals surface area contributed by atoms with Crippen LogP contribution >= 0.6 is 0 Å². The van der Waals surface area contributed by atoms with Gasteiger partial charge >= 0.3 is 5.91 Å². The highest BCUT2D eigenvalue weighted by Gasteiger charge is 2.32. The number of aliphatic hydroxyl groups excluding tert-OH is 1. The van der Waals surface area contributed by atoms with Crippen LogP contribution in [0.4, 0.5) is 4.39 Å². The number of halogens is 1. The van der Waals surface area contributed by atoms with Gasteiger partial charge in [-0.3, -0.25) is 10.2 Å². The van der Waals surface area contributed by atoms with Gasteiger partial charge in [0.1, 0.15) is 5.82 Å². The Bertz CT molecular complexity index is 674. The molecular formula is C11H8FN3O3. The number of carbonyl (C=O) groups is 1. The van der Waals surface area contributed by atoms with E-state index in [9.17, 15) is 19.5 Å². The minimum absolute atomic E-state index is 0.117. The lowest BCUT2D eigenvalue weighted by Gasteiger charge is -2.22. The van der Waals surface area contributed by atoms with Crippen LogP contribution in [0.2, 0.25) is 0 Å². The number of hydrogen-bond acceptors (Lipinski definition) is 4. The number of pyridine rings is 1.